The molecule has 0 saturated carbocycles. The summed E-state index contributed by atoms with van der Waals surface area (Å²) in [4.78, 5) is 0. The number of aliphatic hydroxyl groups is 2. The smallest absolute Gasteiger partial charge is 0.186 e. The Morgan fingerprint density at radius 3 is 2.95 bits per heavy atom. The Bertz CT molecular complexity index is 699. The summed E-state index contributed by atoms with van der Waals surface area (Å²) in [6, 6.07) is 5.64. The molecule has 3 rings (SSSR count). The van der Waals surface area contributed by atoms with Gasteiger partial charge in [-0.15, -0.1) is 22.0 Å². The van der Waals surface area contributed by atoms with Crippen molar-refractivity contribution in [2.45, 2.75) is 11.1 Å². The third kappa shape index (κ3) is 2.68. The van der Waals surface area contributed by atoms with Crippen LogP contribution in [0.2, 0.25) is 0 Å². The van der Waals surface area contributed by atoms with Crippen molar-refractivity contribution in [3.63, 3.8) is 0 Å². The Kier molecular flexibility index (Phi) is 3.97. The van der Waals surface area contributed by atoms with Crippen molar-refractivity contribution in [1.29, 1.82) is 0 Å². The summed E-state index contributed by atoms with van der Waals surface area (Å²) in [5, 5.41) is 35.6. The summed E-state index contributed by atoms with van der Waals surface area (Å²) in [5.74, 6) is 1.09. The van der Waals surface area contributed by atoms with E-state index in [1.165, 1.54) is 11.8 Å². The molecule has 0 aliphatic heterocycles. The van der Waals surface area contributed by atoms with Crippen LogP contribution in [0.25, 0.3) is 17.0 Å². The molecule has 1 atom stereocenters. The summed E-state index contributed by atoms with van der Waals surface area (Å²) in [5.41, 5.74) is 1.66. The molecule has 0 bridgehead atoms. The minimum Gasteiger partial charge on any atom is -0.394 e. The fraction of sp³-hybridized carbons (Fsp3) is 0.250. The lowest BCUT2D eigenvalue weighted by atomic mass is 10.3. The fourth-order valence-electron chi connectivity index (χ4n) is 1.66. The first kappa shape index (κ1) is 13.5. The van der Waals surface area contributed by atoms with Gasteiger partial charge in [-0.3, -0.25) is 0 Å². The van der Waals surface area contributed by atoms with Crippen molar-refractivity contribution >= 4 is 28.7 Å². The lowest BCUT2D eigenvalue weighted by molar-refractivity contribution is 0.113. The van der Waals surface area contributed by atoms with Crippen LogP contribution in [0.5, 0.6) is 0 Å². The highest BCUT2D eigenvalue weighted by Crippen LogP contribution is 2.22. The molecule has 0 fully saturated rings. The Morgan fingerprint density at radius 1 is 1.30 bits per heavy atom. The van der Waals surface area contributed by atoms with Gasteiger partial charge in [-0.25, -0.2) is 0 Å². The van der Waals surface area contributed by atoms with E-state index in [0.29, 0.717) is 17.2 Å². The van der Waals surface area contributed by atoms with Crippen LogP contribution in [0.3, 0.4) is 0 Å². The predicted octanol–water partition coefficient (Wildman–Crippen LogP) is 1.30. The average molecular weight is 308 g/mol. The van der Waals surface area contributed by atoms with Crippen LogP contribution in [-0.2, 0) is 0 Å². The van der Waals surface area contributed by atoms with Crippen molar-refractivity contribution in [3.8, 4) is 11.4 Å². The van der Waals surface area contributed by atoms with Crippen molar-refractivity contribution in [2.24, 2.45) is 0 Å². The summed E-state index contributed by atoms with van der Waals surface area (Å²) in [6.07, 6.45) is -0.741. The van der Waals surface area contributed by atoms with Crippen LogP contribution in [0.1, 0.15) is 0 Å². The van der Waals surface area contributed by atoms with E-state index >= 15 is 0 Å². The second-order valence-electron chi connectivity index (χ2n) is 4.12. The number of aromatic nitrogens is 4. The molecule has 8 heteroatoms. The monoisotopic (exact) mass is 308 g/mol. The van der Waals surface area contributed by atoms with Gasteiger partial charge in [0.05, 0.1) is 12.7 Å². The molecule has 0 radical (unpaired) electrons. The first-order valence-electron chi connectivity index (χ1n) is 5.94. The van der Waals surface area contributed by atoms with E-state index in [1.807, 2.05) is 29.0 Å². The molecule has 2 N–H and O–H groups in total. The molecule has 0 saturated heterocycles. The van der Waals surface area contributed by atoms with Crippen molar-refractivity contribution in [2.75, 3.05) is 12.4 Å². The maximum absolute atomic E-state index is 9.37. The Labute approximate surface area is 123 Å². The minimum atomic E-state index is -0.741. The molecule has 104 valence electrons. The van der Waals surface area contributed by atoms with E-state index < -0.39 is 6.10 Å². The number of thiophene rings is 1. The number of fused-ring (bicyclic) bond motifs is 1. The lowest BCUT2D eigenvalue weighted by Gasteiger charge is -2.06. The zero-order valence-electron chi connectivity index (χ0n) is 10.4. The molecule has 3 heterocycles. The van der Waals surface area contributed by atoms with Gasteiger partial charge in [0.15, 0.2) is 11.5 Å². The first-order chi connectivity index (χ1) is 9.78. The fourth-order valence-corrected chi connectivity index (χ4v) is 3.06. The van der Waals surface area contributed by atoms with Gasteiger partial charge in [0.25, 0.3) is 0 Å². The average Bonchev–Trinajstić information content (AvgIpc) is 3.12. The minimum absolute atomic E-state index is 0.248. The number of hydrogen-bond acceptors (Lipinski definition) is 7. The lowest BCUT2D eigenvalue weighted by Crippen LogP contribution is -2.14. The Morgan fingerprint density at radius 2 is 2.20 bits per heavy atom. The zero-order valence-corrected chi connectivity index (χ0v) is 12.0. The summed E-state index contributed by atoms with van der Waals surface area (Å²) >= 11 is 2.98. The van der Waals surface area contributed by atoms with E-state index in [4.69, 9.17) is 5.11 Å². The Balaban J connectivity index is 1.91. The maximum atomic E-state index is 9.37. The second kappa shape index (κ2) is 5.88. The van der Waals surface area contributed by atoms with Gasteiger partial charge in [-0.05, 0) is 23.6 Å². The number of aliphatic hydroxyl groups excluding tert-OH is 2. The van der Waals surface area contributed by atoms with Crippen LogP contribution < -0.4 is 0 Å². The molecule has 0 spiro atoms. The van der Waals surface area contributed by atoms with Gasteiger partial charge in [-0.1, -0.05) is 0 Å². The number of thioether (sulfide) groups is 1. The third-order valence-electron chi connectivity index (χ3n) is 2.65. The summed E-state index contributed by atoms with van der Waals surface area (Å²) < 4.78 is 1.69. The standard InChI is InChI=1S/C12H12N4O2S2/c17-5-9(18)7-20-11-2-1-10-13-14-12(16(10)15-11)8-3-4-19-6-8/h1-4,6,9,17-18H,5,7H2. The number of nitrogens with zero attached hydrogens (tertiary/aromatic N) is 4. The van der Waals surface area contributed by atoms with E-state index in [9.17, 15) is 5.11 Å². The van der Waals surface area contributed by atoms with Gasteiger partial charge in [0.2, 0.25) is 0 Å². The van der Waals surface area contributed by atoms with Gasteiger partial charge in [0.1, 0.15) is 5.03 Å². The van der Waals surface area contributed by atoms with E-state index in [1.54, 1.807) is 15.9 Å². The number of rotatable bonds is 5. The number of hydrogen-bond donors (Lipinski definition) is 2. The molecule has 0 aliphatic rings. The van der Waals surface area contributed by atoms with E-state index in [-0.39, 0.29) is 6.61 Å². The molecular formula is C12H12N4O2S2. The highest BCUT2D eigenvalue weighted by atomic mass is 32.2. The van der Waals surface area contributed by atoms with Gasteiger partial charge in [-0.2, -0.15) is 21.0 Å². The van der Waals surface area contributed by atoms with Crippen LogP contribution in [0.15, 0.2) is 34.0 Å². The van der Waals surface area contributed by atoms with Crippen molar-refractivity contribution < 1.29 is 10.2 Å². The molecule has 1 unspecified atom stereocenters. The molecule has 6 nitrogen and oxygen atoms in total. The van der Waals surface area contributed by atoms with Gasteiger partial charge < -0.3 is 10.2 Å². The first-order valence-corrected chi connectivity index (χ1v) is 7.87. The largest absolute Gasteiger partial charge is 0.394 e. The quantitative estimate of drug-likeness (QED) is 0.691. The van der Waals surface area contributed by atoms with Crippen LogP contribution in [0, 0.1) is 0 Å². The molecular weight excluding hydrogens is 296 g/mol. The topological polar surface area (TPSA) is 83.5 Å². The third-order valence-corrected chi connectivity index (χ3v) is 4.40. The van der Waals surface area contributed by atoms with E-state index in [0.717, 1.165) is 10.6 Å². The van der Waals surface area contributed by atoms with Crippen LogP contribution in [-0.4, -0.2) is 48.5 Å². The molecule has 20 heavy (non-hydrogen) atoms. The molecule has 0 aromatic carbocycles. The predicted molar refractivity (Wildman–Crippen MR) is 77.9 cm³/mol. The van der Waals surface area contributed by atoms with Crippen molar-refractivity contribution in [3.05, 3.63) is 29.0 Å². The maximum Gasteiger partial charge on any atom is 0.186 e. The second-order valence-corrected chi connectivity index (χ2v) is 5.94. The molecule has 0 amide bonds. The highest BCUT2D eigenvalue weighted by Gasteiger charge is 2.11. The highest BCUT2D eigenvalue weighted by molar-refractivity contribution is 7.99. The summed E-state index contributed by atoms with van der Waals surface area (Å²) in [7, 11) is 0. The molecule has 0 aliphatic carbocycles. The molecule has 3 aromatic rings. The van der Waals surface area contributed by atoms with Crippen LogP contribution in [0.4, 0.5) is 0 Å². The SMILES string of the molecule is OCC(O)CSc1ccc2nnc(-c3ccsc3)n2n1. The molecule has 3 aromatic heterocycles. The van der Waals surface area contributed by atoms with Gasteiger partial charge in [0, 0.05) is 16.7 Å². The normalized spacial score (nSPS) is 12.9. The van der Waals surface area contributed by atoms with Gasteiger partial charge >= 0.3 is 0 Å². The summed E-state index contributed by atoms with van der Waals surface area (Å²) in [6.45, 7) is -0.248. The zero-order chi connectivity index (χ0) is 13.9. The van der Waals surface area contributed by atoms with Crippen LogP contribution >= 0.6 is 23.1 Å². The Hall–Kier alpha value is -1.48. The van der Waals surface area contributed by atoms with Crippen molar-refractivity contribution in [1.82, 2.24) is 19.8 Å². The van der Waals surface area contributed by atoms with E-state index in [2.05, 4.69) is 15.3 Å².